The molecule has 0 radical (unpaired) electrons. The van der Waals surface area contributed by atoms with Crippen molar-refractivity contribution in [2.45, 2.75) is 12.5 Å². The van der Waals surface area contributed by atoms with E-state index in [1.165, 1.54) is 5.69 Å². The van der Waals surface area contributed by atoms with Crippen LogP contribution in [-0.2, 0) is 0 Å². The summed E-state index contributed by atoms with van der Waals surface area (Å²) in [6, 6.07) is 10.2. The molecule has 0 spiro atoms. The fraction of sp³-hybridized carbons (Fsp3) is 0.417. The topological polar surface area (TPSA) is 49.6 Å². The number of hydrogen-bond donors (Lipinski definition) is 1. The number of benzene rings is 1. The van der Waals surface area contributed by atoms with Crippen LogP contribution in [0.2, 0.25) is 0 Å². The van der Waals surface area contributed by atoms with Crippen molar-refractivity contribution in [1.29, 1.82) is 0 Å². The summed E-state index contributed by atoms with van der Waals surface area (Å²) in [5, 5.41) is 0. The molecule has 1 heterocycles. The number of urea groups is 1. The summed E-state index contributed by atoms with van der Waals surface area (Å²) < 4.78 is 0. The predicted octanol–water partition coefficient (Wildman–Crippen LogP) is 1.28. The standard InChI is InChI=1S/C12H17N3O/c1-14(10-5-3-2-4-6-10)11-7-8-15(9-11)12(13)16/h2-6,11H,7-9H2,1H3,(H2,13,16)/t11-/m0/s1. The Labute approximate surface area is 95.6 Å². The van der Waals surface area contributed by atoms with Crippen LogP contribution in [0.3, 0.4) is 0 Å². The average Bonchev–Trinajstić information content (AvgIpc) is 2.78. The lowest BCUT2D eigenvalue weighted by Gasteiger charge is -2.26. The third-order valence-electron chi connectivity index (χ3n) is 3.19. The van der Waals surface area contributed by atoms with Gasteiger partial charge in [0.15, 0.2) is 0 Å². The molecule has 1 atom stereocenters. The number of likely N-dealkylation sites (tertiary alicyclic amines) is 1. The maximum atomic E-state index is 11.0. The van der Waals surface area contributed by atoms with Gasteiger partial charge in [0.25, 0.3) is 0 Å². The summed E-state index contributed by atoms with van der Waals surface area (Å²) >= 11 is 0. The molecule has 1 fully saturated rings. The van der Waals surface area contributed by atoms with E-state index in [9.17, 15) is 4.79 Å². The predicted molar refractivity (Wildman–Crippen MR) is 64.4 cm³/mol. The van der Waals surface area contributed by atoms with Crippen molar-refractivity contribution in [3.63, 3.8) is 0 Å². The van der Waals surface area contributed by atoms with Crippen molar-refractivity contribution in [3.8, 4) is 0 Å². The van der Waals surface area contributed by atoms with Crippen molar-refractivity contribution in [2.75, 3.05) is 25.0 Å². The molecule has 1 aromatic rings. The van der Waals surface area contributed by atoms with E-state index in [1.54, 1.807) is 4.90 Å². The van der Waals surface area contributed by atoms with Crippen LogP contribution >= 0.6 is 0 Å². The minimum atomic E-state index is -0.316. The molecule has 2 amide bonds. The highest BCUT2D eigenvalue weighted by atomic mass is 16.2. The first-order valence-electron chi connectivity index (χ1n) is 5.51. The molecule has 16 heavy (non-hydrogen) atoms. The first-order chi connectivity index (χ1) is 7.68. The smallest absolute Gasteiger partial charge is 0.314 e. The molecule has 2 N–H and O–H groups in total. The van der Waals surface area contributed by atoms with Crippen LogP contribution in [0.5, 0.6) is 0 Å². The van der Waals surface area contributed by atoms with Gasteiger partial charge in [-0.15, -0.1) is 0 Å². The van der Waals surface area contributed by atoms with Crippen LogP contribution in [-0.4, -0.2) is 37.1 Å². The number of anilines is 1. The first kappa shape index (κ1) is 10.8. The van der Waals surface area contributed by atoms with Gasteiger partial charge in [-0.25, -0.2) is 4.79 Å². The number of carbonyl (C=O) groups is 1. The van der Waals surface area contributed by atoms with E-state index >= 15 is 0 Å². The number of rotatable bonds is 2. The molecule has 1 aliphatic rings. The van der Waals surface area contributed by atoms with E-state index in [-0.39, 0.29) is 6.03 Å². The van der Waals surface area contributed by atoms with Gasteiger partial charge < -0.3 is 15.5 Å². The molecule has 0 bridgehead atoms. The second-order valence-corrected chi connectivity index (χ2v) is 4.17. The van der Waals surface area contributed by atoms with E-state index < -0.39 is 0 Å². The Kier molecular flexibility index (Phi) is 2.99. The molecule has 0 aliphatic carbocycles. The number of amides is 2. The third-order valence-corrected chi connectivity index (χ3v) is 3.19. The monoisotopic (exact) mass is 219 g/mol. The lowest BCUT2D eigenvalue weighted by Crippen LogP contribution is -2.38. The number of hydrogen-bond acceptors (Lipinski definition) is 2. The number of nitrogens with zero attached hydrogens (tertiary/aromatic N) is 2. The van der Waals surface area contributed by atoms with E-state index in [1.807, 2.05) is 18.2 Å². The SMILES string of the molecule is CN(c1ccccc1)[C@H]1CCN(C(N)=O)C1. The Morgan fingerprint density at radius 3 is 2.69 bits per heavy atom. The van der Waals surface area contributed by atoms with Crippen LogP contribution in [0.4, 0.5) is 10.5 Å². The summed E-state index contributed by atoms with van der Waals surface area (Å²) in [7, 11) is 2.06. The van der Waals surface area contributed by atoms with Crippen LogP contribution in [0, 0.1) is 0 Å². The number of primary amides is 1. The lowest BCUT2D eigenvalue weighted by atomic mass is 10.2. The van der Waals surface area contributed by atoms with Crippen LogP contribution in [0.1, 0.15) is 6.42 Å². The van der Waals surface area contributed by atoms with Crippen LogP contribution in [0.25, 0.3) is 0 Å². The molecule has 2 rings (SSSR count). The summed E-state index contributed by atoms with van der Waals surface area (Å²) in [4.78, 5) is 14.9. The Bertz CT molecular complexity index is 366. The Hall–Kier alpha value is -1.71. The highest BCUT2D eigenvalue weighted by Gasteiger charge is 2.27. The fourth-order valence-electron chi connectivity index (χ4n) is 2.13. The van der Waals surface area contributed by atoms with E-state index in [4.69, 9.17) is 5.73 Å². The third kappa shape index (κ3) is 2.10. The van der Waals surface area contributed by atoms with Crippen molar-refractivity contribution in [3.05, 3.63) is 30.3 Å². The fourth-order valence-corrected chi connectivity index (χ4v) is 2.13. The summed E-state index contributed by atoms with van der Waals surface area (Å²) in [5.74, 6) is 0. The largest absolute Gasteiger partial charge is 0.370 e. The minimum absolute atomic E-state index is 0.316. The van der Waals surface area contributed by atoms with E-state index in [0.29, 0.717) is 6.04 Å². The average molecular weight is 219 g/mol. The number of carbonyl (C=O) groups excluding carboxylic acids is 1. The van der Waals surface area contributed by atoms with Crippen LogP contribution in [0.15, 0.2) is 30.3 Å². The van der Waals surface area contributed by atoms with Gasteiger partial charge in [-0.3, -0.25) is 0 Å². The van der Waals surface area contributed by atoms with Gasteiger partial charge in [0.1, 0.15) is 0 Å². The Morgan fingerprint density at radius 1 is 1.44 bits per heavy atom. The highest BCUT2D eigenvalue weighted by molar-refractivity contribution is 5.72. The van der Waals surface area contributed by atoms with Gasteiger partial charge in [-0.2, -0.15) is 0 Å². The minimum Gasteiger partial charge on any atom is -0.370 e. The normalized spacial score (nSPS) is 19.8. The van der Waals surface area contributed by atoms with Crippen LogP contribution < -0.4 is 10.6 Å². The molecule has 0 saturated carbocycles. The van der Waals surface area contributed by atoms with Gasteiger partial charge in [-0.05, 0) is 18.6 Å². The van der Waals surface area contributed by atoms with Crippen molar-refractivity contribution in [1.82, 2.24) is 4.90 Å². The van der Waals surface area contributed by atoms with Crippen molar-refractivity contribution < 1.29 is 4.79 Å². The molecule has 4 nitrogen and oxygen atoms in total. The maximum absolute atomic E-state index is 11.0. The van der Waals surface area contributed by atoms with Crippen molar-refractivity contribution in [2.24, 2.45) is 5.73 Å². The number of para-hydroxylation sites is 1. The quantitative estimate of drug-likeness (QED) is 0.814. The molecule has 86 valence electrons. The zero-order valence-electron chi connectivity index (χ0n) is 9.47. The van der Waals surface area contributed by atoms with Crippen molar-refractivity contribution >= 4 is 11.7 Å². The highest BCUT2D eigenvalue weighted by Crippen LogP contribution is 2.20. The summed E-state index contributed by atoms with van der Waals surface area (Å²) in [5.41, 5.74) is 6.45. The molecular weight excluding hydrogens is 202 g/mol. The molecule has 0 unspecified atom stereocenters. The zero-order chi connectivity index (χ0) is 11.5. The van der Waals surface area contributed by atoms with E-state index in [2.05, 4.69) is 24.1 Å². The van der Waals surface area contributed by atoms with Gasteiger partial charge in [0.05, 0.1) is 0 Å². The van der Waals surface area contributed by atoms with E-state index in [0.717, 1.165) is 19.5 Å². The van der Waals surface area contributed by atoms with Gasteiger partial charge in [-0.1, -0.05) is 18.2 Å². The molecule has 4 heteroatoms. The van der Waals surface area contributed by atoms with Gasteiger partial charge in [0.2, 0.25) is 0 Å². The molecule has 1 aromatic carbocycles. The molecular formula is C12H17N3O. The first-order valence-corrected chi connectivity index (χ1v) is 5.51. The van der Waals surface area contributed by atoms with Gasteiger partial charge in [0, 0.05) is 31.9 Å². The summed E-state index contributed by atoms with van der Waals surface area (Å²) in [6.07, 6.45) is 0.980. The summed E-state index contributed by atoms with van der Waals surface area (Å²) in [6.45, 7) is 1.48. The molecule has 1 aliphatic heterocycles. The Balaban J connectivity index is 2.02. The van der Waals surface area contributed by atoms with Gasteiger partial charge >= 0.3 is 6.03 Å². The number of nitrogens with two attached hydrogens (primary N) is 1. The lowest BCUT2D eigenvalue weighted by molar-refractivity contribution is 0.218. The molecule has 0 aromatic heterocycles. The Morgan fingerprint density at radius 2 is 2.12 bits per heavy atom. The molecule has 1 saturated heterocycles. The second-order valence-electron chi connectivity index (χ2n) is 4.17. The zero-order valence-corrected chi connectivity index (χ0v) is 9.47. The maximum Gasteiger partial charge on any atom is 0.314 e. The second kappa shape index (κ2) is 4.43. The number of likely N-dealkylation sites (N-methyl/N-ethyl adjacent to an activating group) is 1.